The van der Waals surface area contributed by atoms with E-state index in [0.29, 0.717) is 22.6 Å². The number of hydrogen-bond donors (Lipinski definition) is 0. The first kappa shape index (κ1) is 17.6. The molecule has 2 aromatic carbocycles. The van der Waals surface area contributed by atoms with Crippen molar-refractivity contribution in [2.75, 3.05) is 0 Å². The molecule has 2 aromatic rings. The number of nitrogens with zero attached hydrogens (tertiary/aromatic N) is 2. The number of ether oxygens (including phenoxy) is 2. The molecule has 0 amide bonds. The van der Waals surface area contributed by atoms with Crippen molar-refractivity contribution in [1.29, 1.82) is 0 Å². The normalized spacial score (nSPS) is 15.0. The molecule has 6 heteroatoms. The summed E-state index contributed by atoms with van der Waals surface area (Å²) in [6, 6.07) is 12.0. The first-order valence-corrected chi connectivity index (χ1v) is 8.15. The third-order valence-electron chi connectivity index (χ3n) is 3.87. The van der Waals surface area contributed by atoms with Gasteiger partial charge in [0.15, 0.2) is 0 Å². The van der Waals surface area contributed by atoms with Crippen LogP contribution in [0, 0.1) is 0 Å². The average molecular weight is 350 g/mol. The highest BCUT2D eigenvalue weighted by atomic mass is 16.6. The van der Waals surface area contributed by atoms with Crippen molar-refractivity contribution in [3.63, 3.8) is 0 Å². The number of carbonyl (C=O) groups excluding carboxylic acids is 2. The molecular formula is C20H18N2O4. The molecule has 26 heavy (non-hydrogen) atoms. The summed E-state index contributed by atoms with van der Waals surface area (Å²) >= 11 is 0. The van der Waals surface area contributed by atoms with Crippen LogP contribution in [0.25, 0.3) is 5.53 Å². The predicted octanol–water partition coefficient (Wildman–Crippen LogP) is 3.75. The summed E-state index contributed by atoms with van der Waals surface area (Å²) in [6.07, 6.45) is 0.807. The number of Topliss-reactive ketones (excluding diaryl/α,β-unsaturated/α-hetero) is 1. The van der Waals surface area contributed by atoms with Crippen LogP contribution in [0.2, 0.25) is 0 Å². The van der Waals surface area contributed by atoms with Gasteiger partial charge in [0.1, 0.15) is 23.0 Å². The lowest BCUT2D eigenvalue weighted by Crippen LogP contribution is -2.29. The Kier molecular flexibility index (Phi) is 4.45. The largest absolute Gasteiger partial charge is 0.459 e. The monoisotopic (exact) mass is 350 g/mol. The van der Waals surface area contributed by atoms with Crippen LogP contribution >= 0.6 is 0 Å². The summed E-state index contributed by atoms with van der Waals surface area (Å²) in [5.41, 5.74) is 9.44. The number of carbonyl (C=O) groups is 2. The van der Waals surface area contributed by atoms with Crippen LogP contribution in [0.5, 0.6) is 11.5 Å². The molecule has 0 spiro atoms. The molecule has 0 aliphatic carbocycles. The van der Waals surface area contributed by atoms with Crippen LogP contribution in [0.1, 0.15) is 48.2 Å². The lowest BCUT2D eigenvalue weighted by atomic mass is 9.86. The fraction of sp³-hybridized carbons (Fsp3) is 0.250. The number of benzene rings is 2. The van der Waals surface area contributed by atoms with E-state index in [-0.39, 0.29) is 5.56 Å². The van der Waals surface area contributed by atoms with Gasteiger partial charge in [0, 0.05) is 16.7 Å². The second-order valence-corrected chi connectivity index (χ2v) is 6.97. The summed E-state index contributed by atoms with van der Waals surface area (Å²) in [5, 5.41) is 0. The van der Waals surface area contributed by atoms with Gasteiger partial charge in [-0.05, 0) is 45.0 Å². The first-order chi connectivity index (χ1) is 12.3. The smallest absolute Gasteiger partial charge is 0.328 e. The molecule has 0 radical (unpaired) electrons. The standard InChI is InChI=1S/C20H18N2O4/c1-20(2,3)26-19(24)18-13-6-4-5-7-16(13)25-17-9-8-12(10-14(17)18)15(23)11-22-21/h4-11,18H,1-3H3. The molecule has 1 unspecified atom stereocenters. The highest BCUT2D eigenvalue weighted by Crippen LogP contribution is 2.45. The van der Waals surface area contributed by atoms with Gasteiger partial charge in [0.05, 0.1) is 0 Å². The SMILES string of the molecule is CC(C)(C)OC(=O)C1c2ccccc2Oc2ccc(C(=O)C=[N+]=[N-])cc21. The second kappa shape index (κ2) is 6.58. The van der Waals surface area contributed by atoms with Crippen molar-refractivity contribution < 1.29 is 23.9 Å². The van der Waals surface area contributed by atoms with Gasteiger partial charge in [0.25, 0.3) is 5.78 Å². The van der Waals surface area contributed by atoms with Crippen LogP contribution in [0.4, 0.5) is 0 Å². The Bertz CT molecular complexity index is 937. The number of para-hydroxylation sites is 1. The highest BCUT2D eigenvalue weighted by molar-refractivity contribution is 6.33. The van der Waals surface area contributed by atoms with Crippen molar-refractivity contribution in [1.82, 2.24) is 0 Å². The fourth-order valence-corrected chi connectivity index (χ4v) is 2.86. The molecule has 3 rings (SSSR count). The second-order valence-electron chi connectivity index (χ2n) is 6.97. The lowest BCUT2D eigenvalue weighted by Gasteiger charge is -2.29. The maximum Gasteiger partial charge on any atom is 0.328 e. The zero-order valence-corrected chi connectivity index (χ0v) is 14.7. The molecule has 0 fully saturated rings. The van der Waals surface area contributed by atoms with Crippen molar-refractivity contribution in [3.05, 3.63) is 64.7 Å². The quantitative estimate of drug-likeness (QED) is 0.277. The number of fused-ring (bicyclic) bond motifs is 2. The van der Waals surface area contributed by atoms with E-state index in [4.69, 9.17) is 15.0 Å². The summed E-state index contributed by atoms with van der Waals surface area (Å²) < 4.78 is 11.5. The third-order valence-corrected chi connectivity index (χ3v) is 3.87. The first-order valence-electron chi connectivity index (χ1n) is 8.15. The van der Waals surface area contributed by atoms with E-state index in [1.165, 1.54) is 0 Å². The summed E-state index contributed by atoms with van der Waals surface area (Å²) in [6.45, 7) is 5.40. The number of hydrogen-bond acceptors (Lipinski definition) is 4. The Balaban J connectivity index is 2.13. The Morgan fingerprint density at radius 3 is 2.50 bits per heavy atom. The average Bonchev–Trinajstić information content (AvgIpc) is 2.57. The lowest BCUT2D eigenvalue weighted by molar-refractivity contribution is -0.155. The Morgan fingerprint density at radius 2 is 1.81 bits per heavy atom. The minimum Gasteiger partial charge on any atom is -0.459 e. The van der Waals surface area contributed by atoms with E-state index in [1.807, 2.05) is 12.1 Å². The summed E-state index contributed by atoms with van der Waals surface area (Å²) in [4.78, 5) is 27.7. The van der Waals surface area contributed by atoms with Crippen LogP contribution in [-0.2, 0) is 9.53 Å². The summed E-state index contributed by atoms with van der Waals surface area (Å²) in [7, 11) is 0. The van der Waals surface area contributed by atoms with Gasteiger partial charge in [-0.15, -0.1) is 0 Å². The van der Waals surface area contributed by atoms with Crippen molar-refractivity contribution in [2.45, 2.75) is 32.3 Å². The number of esters is 1. The minimum atomic E-state index is -0.715. The van der Waals surface area contributed by atoms with Crippen molar-refractivity contribution in [2.24, 2.45) is 0 Å². The molecule has 1 atom stereocenters. The molecule has 1 heterocycles. The third kappa shape index (κ3) is 3.41. The van der Waals surface area contributed by atoms with Crippen LogP contribution < -0.4 is 4.74 Å². The molecule has 1 aliphatic heterocycles. The molecule has 0 aromatic heterocycles. The van der Waals surface area contributed by atoms with Gasteiger partial charge in [-0.25, -0.2) is 0 Å². The van der Waals surface area contributed by atoms with Crippen LogP contribution in [-0.4, -0.2) is 28.4 Å². The van der Waals surface area contributed by atoms with Crippen LogP contribution in [0.3, 0.4) is 0 Å². The minimum absolute atomic E-state index is 0.290. The van der Waals surface area contributed by atoms with E-state index >= 15 is 0 Å². The molecule has 0 N–H and O–H groups in total. The Hall–Kier alpha value is -3.24. The van der Waals surface area contributed by atoms with E-state index in [0.717, 1.165) is 6.21 Å². The number of rotatable bonds is 3. The molecule has 0 bridgehead atoms. The maximum absolute atomic E-state index is 12.9. The highest BCUT2D eigenvalue weighted by Gasteiger charge is 2.36. The van der Waals surface area contributed by atoms with Gasteiger partial charge in [-0.2, -0.15) is 4.79 Å². The van der Waals surface area contributed by atoms with E-state index in [9.17, 15) is 9.59 Å². The number of ketones is 1. The van der Waals surface area contributed by atoms with Crippen molar-refractivity contribution in [3.8, 4) is 11.5 Å². The molecule has 132 valence electrons. The maximum atomic E-state index is 12.9. The molecule has 0 saturated carbocycles. The fourth-order valence-electron chi connectivity index (χ4n) is 2.86. The van der Waals surface area contributed by atoms with Gasteiger partial charge in [-0.3, -0.25) is 9.59 Å². The van der Waals surface area contributed by atoms with E-state index in [2.05, 4.69) is 4.79 Å². The van der Waals surface area contributed by atoms with Crippen LogP contribution in [0.15, 0.2) is 42.5 Å². The van der Waals surface area contributed by atoms with Gasteiger partial charge < -0.3 is 15.0 Å². The van der Waals surface area contributed by atoms with Gasteiger partial charge >= 0.3 is 12.2 Å². The van der Waals surface area contributed by atoms with Crippen molar-refractivity contribution >= 4 is 18.0 Å². The van der Waals surface area contributed by atoms with Gasteiger partial charge in [0.2, 0.25) is 0 Å². The van der Waals surface area contributed by atoms with Gasteiger partial charge in [-0.1, -0.05) is 18.2 Å². The zero-order chi connectivity index (χ0) is 18.9. The Morgan fingerprint density at radius 1 is 1.12 bits per heavy atom. The zero-order valence-electron chi connectivity index (χ0n) is 14.7. The predicted molar refractivity (Wildman–Crippen MR) is 94.7 cm³/mol. The molecule has 0 saturated heterocycles. The van der Waals surface area contributed by atoms with E-state index in [1.54, 1.807) is 51.1 Å². The molecular weight excluding hydrogens is 332 g/mol. The summed E-state index contributed by atoms with van der Waals surface area (Å²) in [5.74, 6) is -0.552. The molecule has 1 aliphatic rings. The topological polar surface area (TPSA) is 89.0 Å². The molecule has 6 nitrogen and oxygen atoms in total. The Labute approximate surface area is 151 Å². The van der Waals surface area contributed by atoms with E-state index < -0.39 is 23.3 Å².